The summed E-state index contributed by atoms with van der Waals surface area (Å²) in [6.07, 6.45) is 1.48. The largest absolute Gasteiger partial charge is 0.493 e. The fraction of sp³-hybridized carbons (Fsp3) is 0.0833. The van der Waals surface area contributed by atoms with Gasteiger partial charge in [0.15, 0.2) is 11.5 Å². The molecule has 0 saturated carbocycles. The Morgan fingerprint density at radius 1 is 1.12 bits per heavy atom. The lowest BCUT2D eigenvalue weighted by Gasteiger charge is -2.14. The van der Waals surface area contributed by atoms with E-state index in [1.54, 1.807) is 42.5 Å². The van der Waals surface area contributed by atoms with Crippen molar-refractivity contribution in [1.29, 1.82) is 5.26 Å². The molecule has 162 valence electrons. The van der Waals surface area contributed by atoms with E-state index in [0.29, 0.717) is 32.2 Å². The van der Waals surface area contributed by atoms with Crippen LogP contribution in [0.2, 0.25) is 5.02 Å². The molecule has 0 fully saturated rings. The number of nitrogens with one attached hydrogen (secondary N) is 1. The third kappa shape index (κ3) is 6.13. The van der Waals surface area contributed by atoms with Crippen LogP contribution in [-0.4, -0.2) is 13.0 Å². The van der Waals surface area contributed by atoms with Crippen molar-refractivity contribution in [3.63, 3.8) is 0 Å². The highest BCUT2D eigenvalue weighted by molar-refractivity contribution is 9.10. The summed E-state index contributed by atoms with van der Waals surface area (Å²) in [5, 5.41) is 12.8. The predicted octanol–water partition coefficient (Wildman–Crippen LogP) is 7.00. The lowest BCUT2D eigenvalue weighted by atomic mass is 10.1. The van der Waals surface area contributed by atoms with Crippen molar-refractivity contribution in [3.05, 3.63) is 91.3 Å². The van der Waals surface area contributed by atoms with E-state index in [4.69, 9.17) is 21.1 Å². The number of nitriles is 1. The predicted molar refractivity (Wildman–Crippen MR) is 133 cm³/mol. The summed E-state index contributed by atoms with van der Waals surface area (Å²) >= 11 is 13.0. The molecule has 0 unspecified atom stereocenters. The second-order valence-corrected chi connectivity index (χ2v) is 8.71. The van der Waals surface area contributed by atoms with E-state index < -0.39 is 5.91 Å². The van der Waals surface area contributed by atoms with E-state index >= 15 is 0 Å². The molecule has 0 aliphatic rings. The molecule has 0 bridgehead atoms. The van der Waals surface area contributed by atoms with Gasteiger partial charge in [-0.1, -0.05) is 61.7 Å². The van der Waals surface area contributed by atoms with Crippen LogP contribution in [0, 0.1) is 11.3 Å². The topological polar surface area (TPSA) is 71.3 Å². The minimum atomic E-state index is -0.514. The second-order valence-electron chi connectivity index (χ2n) is 6.54. The molecule has 8 heteroatoms. The van der Waals surface area contributed by atoms with Gasteiger partial charge in [0.1, 0.15) is 18.2 Å². The first-order valence-corrected chi connectivity index (χ1v) is 11.3. The molecule has 0 saturated heterocycles. The zero-order valence-electron chi connectivity index (χ0n) is 16.9. The van der Waals surface area contributed by atoms with Crippen molar-refractivity contribution in [2.45, 2.75) is 6.61 Å². The van der Waals surface area contributed by atoms with Crippen LogP contribution < -0.4 is 14.8 Å². The lowest BCUT2D eigenvalue weighted by Crippen LogP contribution is -2.13. The van der Waals surface area contributed by atoms with Gasteiger partial charge in [0.05, 0.1) is 7.11 Å². The van der Waals surface area contributed by atoms with Crippen LogP contribution in [0.15, 0.2) is 75.2 Å². The van der Waals surface area contributed by atoms with Gasteiger partial charge in [-0.2, -0.15) is 5.26 Å². The van der Waals surface area contributed by atoms with Gasteiger partial charge < -0.3 is 14.8 Å². The third-order valence-corrected chi connectivity index (χ3v) is 5.98. The van der Waals surface area contributed by atoms with Gasteiger partial charge in [0.25, 0.3) is 5.91 Å². The van der Waals surface area contributed by atoms with Crippen LogP contribution in [0.3, 0.4) is 0 Å². The highest BCUT2D eigenvalue weighted by Crippen LogP contribution is 2.35. The molecule has 0 aliphatic heterocycles. The Balaban J connectivity index is 1.82. The van der Waals surface area contributed by atoms with Crippen molar-refractivity contribution >= 4 is 61.1 Å². The van der Waals surface area contributed by atoms with Gasteiger partial charge in [-0.05, 0) is 54.1 Å². The average Bonchev–Trinajstić information content (AvgIpc) is 2.79. The molecule has 0 heterocycles. The Kier molecular flexibility index (Phi) is 8.34. The van der Waals surface area contributed by atoms with E-state index in [1.165, 1.54) is 13.2 Å². The van der Waals surface area contributed by atoms with E-state index in [-0.39, 0.29) is 12.2 Å². The molecule has 3 aromatic carbocycles. The molecule has 1 amide bonds. The van der Waals surface area contributed by atoms with E-state index in [0.717, 1.165) is 10.0 Å². The summed E-state index contributed by atoms with van der Waals surface area (Å²) in [7, 11) is 1.52. The highest BCUT2D eigenvalue weighted by atomic mass is 79.9. The Morgan fingerprint density at radius 3 is 2.50 bits per heavy atom. The molecular weight excluding hydrogens is 560 g/mol. The number of carbonyl (C=O) groups excluding carboxylic acids is 1. The summed E-state index contributed by atoms with van der Waals surface area (Å²) < 4.78 is 12.9. The summed E-state index contributed by atoms with van der Waals surface area (Å²) in [5.41, 5.74) is 1.96. The Bertz CT molecular complexity index is 1200. The Labute approximate surface area is 207 Å². The zero-order chi connectivity index (χ0) is 23.1. The second kappa shape index (κ2) is 11.2. The van der Waals surface area contributed by atoms with Gasteiger partial charge in [-0.15, -0.1) is 0 Å². The Morgan fingerprint density at radius 2 is 1.84 bits per heavy atom. The van der Waals surface area contributed by atoms with E-state index in [2.05, 4.69) is 37.2 Å². The maximum atomic E-state index is 12.6. The van der Waals surface area contributed by atoms with Crippen LogP contribution in [0.5, 0.6) is 11.5 Å². The standard InChI is InChI=1S/C24H17Br2ClN2O3/c1-31-22-11-16(10-17(13-28)24(30)29-19-8-6-18(25)7-9-19)20(26)12-23(22)32-14-15-4-2-3-5-21(15)27/h2-12H,14H2,1H3,(H,29,30)/b17-10+. The zero-order valence-corrected chi connectivity index (χ0v) is 20.8. The monoisotopic (exact) mass is 574 g/mol. The van der Waals surface area contributed by atoms with Crippen LogP contribution in [-0.2, 0) is 11.4 Å². The Hall–Kier alpha value is -2.79. The molecule has 0 spiro atoms. The van der Waals surface area contributed by atoms with E-state index in [9.17, 15) is 10.1 Å². The van der Waals surface area contributed by atoms with Crippen molar-refractivity contribution < 1.29 is 14.3 Å². The fourth-order valence-electron chi connectivity index (χ4n) is 2.74. The first-order valence-electron chi connectivity index (χ1n) is 9.33. The van der Waals surface area contributed by atoms with Crippen LogP contribution in [0.25, 0.3) is 6.08 Å². The first kappa shape index (κ1) is 23.9. The molecule has 0 radical (unpaired) electrons. The van der Waals surface area contributed by atoms with Crippen molar-refractivity contribution in [3.8, 4) is 17.6 Å². The van der Waals surface area contributed by atoms with Gasteiger partial charge in [0, 0.05) is 25.2 Å². The van der Waals surface area contributed by atoms with Crippen molar-refractivity contribution in [1.82, 2.24) is 0 Å². The molecule has 0 aliphatic carbocycles. The van der Waals surface area contributed by atoms with E-state index in [1.807, 2.05) is 24.3 Å². The molecule has 0 aromatic heterocycles. The normalized spacial score (nSPS) is 10.9. The van der Waals surface area contributed by atoms with Crippen LogP contribution in [0.1, 0.15) is 11.1 Å². The molecule has 32 heavy (non-hydrogen) atoms. The molecule has 3 rings (SSSR count). The van der Waals surface area contributed by atoms with Crippen LogP contribution in [0.4, 0.5) is 5.69 Å². The highest BCUT2D eigenvalue weighted by Gasteiger charge is 2.14. The number of benzene rings is 3. The first-order chi connectivity index (χ1) is 15.4. The van der Waals surface area contributed by atoms with Gasteiger partial charge in [-0.25, -0.2) is 0 Å². The number of amides is 1. The van der Waals surface area contributed by atoms with Gasteiger partial charge in [0.2, 0.25) is 0 Å². The third-order valence-electron chi connectivity index (χ3n) is 4.39. The fourth-order valence-corrected chi connectivity index (χ4v) is 3.63. The number of rotatable bonds is 7. The maximum Gasteiger partial charge on any atom is 0.266 e. The van der Waals surface area contributed by atoms with Crippen molar-refractivity contribution in [2.75, 3.05) is 12.4 Å². The molecule has 1 N–H and O–H groups in total. The molecular formula is C24H17Br2ClN2O3. The SMILES string of the molecule is COc1cc(/C=C(\C#N)C(=O)Nc2ccc(Br)cc2)c(Br)cc1OCc1ccccc1Cl. The maximum absolute atomic E-state index is 12.6. The molecule has 3 aromatic rings. The number of methoxy groups -OCH3 is 1. The van der Waals surface area contributed by atoms with Gasteiger partial charge >= 0.3 is 0 Å². The minimum absolute atomic E-state index is 0.0552. The number of nitrogens with zero attached hydrogens (tertiary/aromatic N) is 1. The van der Waals surface area contributed by atoms with Crippen LogP contribution >= 0.6 is 43.5 Å². The summed E-state index contributed by atoms with van der Waals surface area (Å²) in [4.78, 5) is 12.6. The number of halogens is 3. The number of hydrogen-bond acceptors (Lipinski definition) is 4. The summed E-state index contributed by atoms with van der Waals surface area (Å²) in [6.45, 7) is 0.261. The lowest BCUT2D eigenvalue weighted by molar-refractivity contribution is -0.112. The summed E-state index contributed by atoms with van der Waals surface area (Å²) in [6, 6.07) is 19.8. The summed E-state index contributed by atoms with van der Waals surface area (Å²) in [5.74, 6) is 0.436. The smallest absolute Gasteiger partial charge is 0.266 e. The molecule has 5 nitrogen and oxygen atoms in total. The number of hydrogen-bond donors (Lipinski definition) is 1. The number of carbonyl (C=O) groups is 1. The molecule has 0 atom stereocenters. The minimum Gasteiger partial charge on any atom is -0.493 e. The quantitative estimate of drug-likeness (QED) is 0.243. The number of anilines is 1. The number of ether oxygens (including phenoxy) is 2. The van der Waals surface area contributed by atoms with Gasteiger partial charge in [-0.3, -0.25) is 4.79 Å². The van der Waals surface area contributed by atoms with Crippen molar-refractivity contribution in [2.24, 2.45) is 0 Å². The average molecular weight is 577 g/mol.